The van der Waals surface area contributed by atoms with Gasteiger partial charge in [-0.25, -0.2) is 4.79 Å². The highest BCUT2D eigenvalue weighted by atomic mass is 16.5. The first kappa shape index (κ1) is 17.3. The van der Waals surface area contributed by atoms with E-state index in [1.165, 1.54) is 31.9 Å². The van der Waals surface area contributed by atoms with E-state index >= 15 is 0 Å². The van der Waals surface area contributed by atoms with Crippen LogP contribution in [-0.4, -0.2) is 18.1 Å². The van der Waals surface area contributed by atoms with Gasteiger partial charge in [0.2, 0.25) is 0 Å². The summed E-state index contributed by atoms with van der Waals surface area (Å²) in [6.07, 6.45) is 5.65. The number of unbranched alkanes of at least 4 members (excludes halogenated alkanes) is 3. The zero-order chi connectivity index (χ0) is 17.0. The molecule has 23 heavy (non-hydrogen) atoms. The Hall–Kier alpha value is -2.03. The molecule has 0 atom stereocenters. The summed E-state index contributed by atoms with van der Waals surface area (Å²) in [5.41, 5.74) is 5.87. The van der Waals surface area contributed by atoms with Crippen molar-refractivity contribution in [2.24, 2.45) is 0 Å². The molecule has 0 amide bonds. The smallest absolute Gasteiger partial charge is 0.338 e. The van der Waals surface area contributed by atoms with Crippen LogP contribution in [0.5, 0.6) is 0 Å². The van der Waals surface area contributed by atoms with Crippen molar-refractivity contribution in [3.8, 4) is 0 Å². The van der Waals surface area contributed by atoms with E-state index in [4.69, 9.17) is 4.74 Å². The number of methoxy groups -OCH3 is 1. The molecule has 124 valence electrons. The quantitative estimate of drug-likeness (QED) is 0.537. The zero-order valence-corrected chi connectivity index (χ0v) is 14.7. The van der Waals surface area contributed by atoms with Gasteiger partial charge in [0.25, 0.3) is 0 Å². The largest absolute Gasteiger partial charge is 0.465 e. The summed E-state index contributed by atoms with van der Waals surface area (Å²) < 4.78 is 4.96. The minimum atomic E-state index is -0.304. The molecule has 0 spiro atoms. The van der Waals surface area contributed by atoms with Gasteiger partial charge in [-0.3, -0.25) is 0 Å². The number of benzene rings is 1. The Bertz CT molecular complexity index is 725. The molecule has 0 aliphatic carbocycles. The molecule has 1 heterocycles. The molecule has 0 fully saturated rings. The number of aromatic nitrogens is 1. The molecule has 1 aromatic carbocycles. The first-order valence-corrected chi connectivity index (χ1v) is 8.39. The molecule has 0 saturated carbocycles. The van der Waals surface area contributed by atoms with Gasteiger partial charge in [-0.15, -0.1) is 0 Å². The SMILES string of the molecule is C=C(CCCCCC)c1c(C(=O)OC)ccc2c(C)c(C)[nH]c12. The Labute approximate surface area is 138 Å². The van der Waals surface area contributed by atoms with Crippen molar-refractivity contribution < 1.29 is 9.53 Å². The molecule has 0 saturated heterocycles. The van der Waals surface area contributed by atoms with Crippen molar-refractivity contribution in [2.45, 2.75) is 52.9 Å². The summed E-state index contributed by atoms with van der Waals surface area (Å²) in [6, 6.07) is 3.86. The van der Waals surface area contributed by atoms with Crippen molar-refractivity contribution in [3.63, 3.8) is 0 Å². The number of allylic oxidation sites excluding steroid dienone is 1. The van der Waals surface area contributed by atoms with Gasteiger partial charge in [-0.2, -0.15) is 0 Å². The first-order chi connectivity index (χ1) is 11.0. The number of rotatable bonds is 7. The van der Waals surface area contributed by atoms with Gasteiger partial charge in [0, 0.05) is 16.6 Å². The maximum Gasteiger partial charge on any atom is 0.338 e. The van der Waals surface area contributed by atoms with Gasteiger partial charge >= 0.3 is 5.97 Å². The number of fused-ring (bicyclic) bond motifs is 1. The Kier molecular flexibility index (Phi) is 5.64. The van der Waals surface area contributed by atoms with Crippen molar-refractivity contribution in [2.75, 3.05) is 7.11 Å². The molecular formula is C20H27NO2. The van der Waals surface area contributed by atoms with E-state index in [1.54, 1.807) is 0 Å². The van der Waals surface area contributed by atoms with E-state index in [0.29, 0.717) is 5.56 Å². The Morgan fingerprint density at radius 3 is 2.61 bits per heavy atom. The predicted molar refractivity (Wildman–Crippen MR) is 96.9 cm³/mol. The molecule has 0 bridgehead atoms. The second kappa shape index (κ2) is 7.49. The number of carbonyl (C=O) groups is 1. The highest BCUT2D eigenvalue weighted by molar-refractivity contribution is 6.04. The van der Waals surface area contributed by atoms with E-state index in [-0.39, 0.29) is 5.97 Å². The topological polar surface area (TPSA) is 42.1 Å². The maximum absolute atomic E-state index is 12.2. The summed E-state index contributed by atoms with van der Waals surface area (Å²) in [5.74, 6) is -0.304. The third-order valence-electron chi connectivity index (χ3n) is 4.58. The summed E-state index contributed by atoms with van der Waals surface area (Å²) in [4.78, 5) is 15.6. The van der Waals surface area contributed by atoms with Gasteiger partial charge < -0.3 is 9.72 Å². The average Bonchev–Trinajstić information content (AvgIpc) is 2.84. The van der Waals surface area contributed by atoms with Crippen molar-refractivity contribution >= 4 is 22.4 Å². The standard InChI is InChI=1S/C20H27NO2/c1-6-7-8-9-10-13(2)18-17(20(22)23-5)12-11-16-14(3)15(4)21-19(16)18/h11-12,21H,2,6-10H2,1,3-5H3. The fraction of sp³-hybridized carbons (Fsp3) is 0.450. The van der Waals surface area contributed by atoms with Crippen LogP contribution in [0.25, 0.3) is 16.5 Å². The van der Waals surface area contributed by atoms with Crippen molar-refractivity contribution in [3.05, 3.63) is 41.1 Å². The monoisotopic (exact) mass is 313 g/mol. The molecular weight excluding hydrogens is 286 g/mol. The number of H-pyrrole nitrogens is 1. The number of carbonyl (C=O) groups excluding carboxylic acids is 1. The summed E-state index contributed by atoms with van der Waals surface area (Å²) in [7, 11) is 1.42. The lowest BCUT2D eigenvalue weighted by Gasteiger charge is -2.12. The predicted octanol–water partition coefficient (Wildman–Crippen LogP) is 5.55. The van der Waals surface area contributed by atoms with Gasteiger partial charge in [-0.05, 0) is 43.9 Å². The minimum Gasteiger partial charge on any atom is -0.465 e. The first-order valence-electron chi connectivity index (χ1n) is 8.39. The highest BCUT2D eigenvalue weighted by Crippen LogP contribution is 2.33. The lowest BCUT2D eigenvalue weighted by atomic mass is 9.93. The molecule has 0 aliphatic rings. The van der Waals surface area contributed by atoms with Crippen LogP contribution in [0.4, 0.5) is 0 Å². The van der Waals surface area contributed by atoms with Crippen LogP contribution in [0.15, 0.2) is 18.7 Å². The minimum absolute atomic E-state index is 0.304. The van der Waals surface area contributed by atoms with Gasteiger partial charge in [0.05, 0.1) is 18.2 Å². The fourth-order valence-corrected chi connectivity index (χ4v) is 3.07. The lowest BCUT2D eigenvalue weighted by Crippen LogP contribution is -2.06. The lowest BCUT2D eigenvalue weighted by molar-refractivity contribution is 0.0600. The van der Waals surface area contributed by atoms with Crippen LogP contribution in [0.1, 0.15) is 66.2 Å². The van der Waals surface area contributed by atoms with E-state index in [0.717, 1.165) is 40.6 Å². The third kappa shape index (κ3) is 3.49. The molecule has 1 aromatic heterocycles. The Morgan fingerprint density at radius 1 is 1.22 bits per heavy atom. The second-order valence-electron chi connectivity index (χ2n) is 6.19. The maximum atomic E-state index is 12.2. The molecule has 3 heteroatoms. The molecule has 0 radical (unpaired) electrons. The van der Waals surface area contributed by atoms with Gasteiger partial charge in [0.1, 0.15) is 0 Å². The average molecular weight is 313 g/mol. The Balaban J connectivity index is 2.46. The van der Waals surface area contributed by atoms with Crippen LogP contribution < -0.4 is 0 Å². The van der Waals surface area contributed by atoms with Gasteiger partial charge in [0.15, 0.2) is 0 Å². The molecule has 1 N–H and O–H groups in total. The number of aromatic amines is 1. The van der Waals surface area contributed by atoms with E-state index in [2.05, 4.69) is 32.3 Å². The number of aryl methyl sites for hydroxylation is 2. The van der Waals surface area contributed by atoms with Crippen LogP contribution in [0.3, 0.4) is 0 Å². The Morgan fingerprint density at radius 2 is 1.96 bits per heavy atom. The van der Waals surface area contributed by atoms with Crippen LogP contribution in [0.2, 0.25) is 0 Å². The van der Waals surface area contributed by atoms with E-state index in [9.17, 15) is 4.79 Å². The number of hydrogen-bond donors (Lipinski definition) is 1. The third-order valence-corrected chi connectivity index (χ3v) is 4.58. The molecule has 0 unspecified atom stereocenters. The number of esters is 1. The molecule has 2 rings (SSSR count). The zero-order valence-electron chi connectivity index (χ0n) is 14.7. The van der Waals surface area contributed by atoms with Crippen LogP contribution >= 0.6 is 0 Å². The number of hydrogen-bond acceptors (Lipinski definition) is 2. The summed E-state index contributed by atoms with van der Waals surface area (Å²) >= 11 is 0. The number of nitrogens with one attached hydrogen (secondary N) is 1. The van der Waals surface area contributed by atoms with Crippen molar-refractivity contribution in [1.29, 1.82) is 0 Å². The number of ether oxygens (including phenoxy) is 1. The van der Waals surface area contributed by atoms with Crippen molar-refractivity contribution in [1.82, 2.24) is 4.98 Å². The second-order valence-corrected chi connectivity index (χ2v) is 6.19. The molecule has 2 aromatic rings. The molecule has 3 nitrogen and oxygen atoms in total. The molecule has 0 aliphatic heterocycles. The summed E-state index contributed by atoms with van der Waals surface area (Å²) in [5, 5.41) is 1.15. The highest BCUT2D eigenvalue weighted by Gasteiger charge is 2.19. The van der Waals surface area contributed by atoms with Gasteiger partial charge in [-0.1, -0.05) is 38.8 Å². The van der Waals surface area contributed by atoms with Crippen LogP contribution in [-0.2, 0) is 4.74 Å². The van der Waals surface area contributed by atoms with E-state index < -0.39 is 0 Å². The normalized spacial score (nSPS) is 11.0. The summed E-state index contributed by atoms with van der Waals surface area (Å²) in [6.45, 7) is 10.6. The van der Waals surface area contributed by atoms with Crippen LogP contribution in [0, 0.1) is 13.8 Å². The fourth-order valence-electron chi connectivity index (χ4n) is 3.07. The van der Waals surface area contributed by atoms with E-state index in [1.807, 2.05) is 12.1 Å².